The molecule has 1 heterocycles. The van der Waals surface area contributed by atoms with Gasteiger partial charge in [-0.1, -0.05) is 18.7 Å². The number of hydrogen-bond acceptors (Lipinski definition) is 4. The van der Waals surface area contributed by atoms with E-state index in [1.54, 1.807) is 6.92 Å². The molecule has 0 fully saturated rings. The molecule has 98 valence electrons. The van der Waals surface area contributed by atoms with Crippen LogP contribution in [-0.2, 0) is 0 Å². The number of aromatic nitrogens is 2. The maximum atomic E-state index is 9.49. The molecule has 2 unspecified atom stereocenters. The van der Waals surface area contributed by atoms with Crippen LogP contribution in [0.5, 0.6) is 5.75 Å². The molecule has 0 aliphatic carbocycles. The van der Waals surface area contributed by atoms with Gasteiger partial charge in [0, 0.05) is 11.3 Å². The van der Waals surface area contributed by atoms with Crippen LogP contribution in [0.1, 0.15) is 20.8 Å². The number of ether oxygens (including phenoxy) is 1. The lowest BCUT2D eigenvalue weighted by Gasteiger charge is -2.11. The van der Waals surface area contributed by atoms with E-state index in [0.717, 1.165) is 21.9 Å². The lowest BCUT2D eigenvalue weighted by molar-refractivity contribution is 0.196. The first-order valence-corrected chi connectivity index (χ1v) is 6.95. The molecule has 0 aliphatic rings. The summed E-state index contributed by atoms with van der Waals surface area (Å²) < 4.78 is 5.45. The van der Waals surface area contributed by atoms with E-state index in [4.69, 9.17) is 4.74 Å². The molecule has 2 rings (SSSR count). The highest BCUT2D eigenvalue weighted by Crippen LogP contribution is 2.26. The maximum absolute atomic E-state index is 9.49. The van der Waals surface area contributed by atoms with E-state index >= 15 is 0 Å². The summed E-state index contributed by atoms with van der Waals surface area (Å²) in [5.41, 5.74) is 1.87. The maximum Gasteiger partial charge on any atom is 0.166 e. The van der Waals surface area contributed by atoms with Gasteiger partial charge >= 0.3 is 0 Å². The Hall–Kier alpha value is -1.20. The molecule has 0 saturated carbocycles. The van der Waals surface area contributed by atoms with Crippen molar-refractivity contribution < 1.29 is 9.84 Å². The van der Waals surface area contributed by atoms with Crippen molar-refractivity contribution in [3.63, 3.8) is 0 Å². The van der Waals surface area contributed by atoms with Crippen molar-refractivity contribution in [3.8, 4) is 5.75 Å². The van der Waals surface area contributed by atoms with Crippen LogP contribution in [0.25, 0.3) is 11.0 Å². The Morgan fingerprint density at radius 3 is 2.89 bits per heavy atom. The quantitative estimate of drug-likeness (QED) is 0.817. The predicted octanol–water partition coefficient (Wildman–Crippen LogP) is 2.82. The number of aliphatic hydroxyl groups excluding tert-OH is 1. The lowest BCUT2D eigenvalue weighted by atomic mass is 10.3. The molecule has 0 radical (unpaired) electrons. The van der Waals surface area contributed by atoms with Gasteiger partial charge in [-0.25, -0.2) is 4.98 Å². The fourth-order valence-corrected chi connectivity index (χ4v) is 2.42. The second-order valence-corrected chi connectivity index (χ2v) is 5.58. The number of hydrogen-bond donors (Lipinski definition) is 2. The van der Waals surface area contributed by atoms with E-state index < -0.39 is 0 Å². The Bertz CT molecular complexity index is 525. The van der Waals surface area contributed by atoms with Crippen molar-refractivity contribution in [2.75, 3.05) is 6.61 Å². The van der Waals surface area contributed by atoms with Crippen molar-refractivity contribution in [1.29, 1.82) is 0 Å². The summed E-state index contributed by atoms with van der Waals surface area (Å²) in [4.78, 5) is 7.72. The van der Waals surface area contributed by atoms with E-state index in [-0.39, 0.29) is 11.4 Å². The van der Waals surface area contributed by atoms with Crippen LogP contribution in [0.15, 0.2) is 23.4 Å². The molecule has 0 aliphatic heterocycles. The summed E-state index contributed by atoms with van der Waals surface area (Å²) in [5.74, 6) is 0.841. The highest BCUT2D eigenvalue weighted by atomic mass is 32.2. The van der Waals surface area contributed by atoms with Crippen molar-refractivity contribution in [3.05, 3.63) is 18.2 Å². The Balaban J connectivity index is 2.21. The largest absolute Gasteiger partial charge is 0.494 e. The molecule has 2 N–H and O–H groups in total. The number of H-pyrrole nitrogens is 1. The summed E-state index contributed by atoms with van der Waals surface area (Å²) in [7, 11) is 0. The van der Waals surface area contributed by atoms with E-state index in [0.29, 0.717) is 6.61 Å². The van der Waals surface area contributed by atoms with Crippen LogP contribution in [0.3, 0.4) is 0 Å². The molecule has 0 amide bonds. The zero-order chi connectivity index (χ0) is 13.1. The number of aromatic amines is 1. The van der Waals surface area contributed by atoms with E-state index in [2.05, 4.69) is 9.97 Å². The number of nitrogens with zero attached hydrogens (tertiary/aromatic N) is 1. The molecule has 5 heteroatoms. The third-order valence-corrected chi connectivity index (χ3v) is 3.90. The van der Waals surface area contributed by atoms with Gasteiger partial charge in [-0.15, -0.1) is 0 Å². The van der Waals surface area contributed by atoms with Gasteiger partial charge in [-0.2, -0.15) is 0 Å². The Kier molecular flexibility index (Phi) is 4.14. The minimum Gasteiger partial charge on any atom is -0.494 e. The first-order chi connectivity index (χ1) is 8.60. The lowest BCUT2D eigenvalue weighted by Crippen LogP contribution is -2.15. The molecule has 2 atom stereocenters. The normalized spacial score (nSPS) is 14.7. The second kappa shape index (κ2) is 5.63. The van der Waals surface area contributed by atoms with Gasteiger partial charge in [-0.3, -0.25) is 0 Å². The number of rotatable bonds is 5. The number of benzene rings is 1. The number of fused-ring (bicyclic) bond motifs is 1. The molecule has 0 saturated heterocycles. The summed E-state index contributed by atoms with van der Waals surface area (Å²) in [6, 6.07) is 5.80. The number of aliphatic hydroxyl groups is 1. The number of imidazole rings is 1. The summed E-state index contributed by atoms with van der Waals surface area (Å²) in [5, 5.41) is 10.4. The highest BCUT2D eigenvalue weighted by molar-refractivity contribution is 7.99. The molecule has 0 bridgehead atoms. The van der Waals surface area contributed by atoms with Crippen LogP contribution >= 0.6 is 11.8 Å². The molecule has 18 heavy (non-hydrogen) atoms. The van der Waals surface area contributed by atoms with Gasteiger partial charge in [-0.05, 0) is 26.0 Å². The van der Waals surface area contributed by atoms with E-state index in [1.807, 2.05) is 32.0 Å². The fraction of sp³-hybridized carbons (Fsp3) is 0.462. The van der Waals surface area contributed by atoms with Gasteiger partial charge in [0.25, 0.3) is 0 Å². The third-order valence-electron chi connectivity index (χ3n) is 2.72. The van der Waals surface area contributed by atoms with Crippen LogP contribution in [0, 0.1) is 0 Å². The monoisotopic (exact) mass is 266 g/mol. The summed E-state index contributed by atoms with van der Waals surface area (Å²) in [6.07, 6.45) is -0.359. The number of nitrogens with one attached hydrogen (secondary N) is 1. The van der Waals surface area contributed by atoms with Crippen molar-refractivity contribution in [2.24, 2.45) is 0 Å². The topological polar surface area (TPSA) is 58.1 Å². The van der Waals surface area contributed by atoms with Gasteiger partial charge in [0.1, 0.15) is 5.75 Å². The molecule has 2 aromatic rings. The van der Waals surface area contributed by atoms with Crippen molar-refractivity contribution in [1.82, 2.24) is 9.97 Å². The summed E-state index contributed by atoms with van der Waals surface area (Å²) >= 11 is 1.54. The second-order valence-electron chi connectivity index (χ2n) is 4.22. The Labute approximate surface area is 111 Å². The average molecular weight is 266 g/mol. The molecule has 0 spiro atoms. The molecular weight excluding hydrogens is 248 g/mol. The zero-order valence-electron chi connectivity index (χ0n) is 10.8. The van der Waals surface area contributed by atoms with Gasteiger partial charge < -0.3 is 14.8 Å². The molecule has 4 nitrogen and oxygen atoms in total. The predicted molar refractivity (Wildman–Crippen MR) is 74.3 cm³/mol. The third kappa shape index (κ3) is 2.97. The van der Waals surface area contributed by atoms with Gasteiger partial charge in [0.2, 0.25) is 0 Å². The Morgan fingerprint density at radius 2 is 2.22 bits per heavy atom. The minimum atomic E-state index is -0.359. The van der Waals surface area contributed by atoms with Crippen molar-refractivity contribution in [2.45, 2.75) is 37.3 Å². The smallest absolute Gasteiger partial charge is 0.166 e. The average Bonchev–Trinajstić information content (AvgIpc) is 2.70. The molecule has 1 aromatic heterocycles. The summed E-state index contributed by atoms with van der Waals surface area (Å²) in [6.45, 7) is 6.38. The van der Waals surface area contributed by atoms with Crippen LogP contribution in [0.2, 0.25) is 0 Å². The minimum absolute atomic E-state index is 0.108. The first-order valence-electron chi connectivity index (χ1n) is 6.07. The van der Waals surface area contributed by atoms with Crippen molar-refractivity contribution >= 4 is 22.8 Å². The highest BCUT2D eigenvalue weighted by Gasteiger charge is 2.13. The standard InChI is InChI=1S/C13H18N2O2S/c1-4-17-10-5-6-11-12(7-10)15-13(14-11)18-9(3)8(2)16/h5-9,16H,4H2,1-3H3,(H,14,15). The Morgan fingerprint density at radius 1 is 1.44 bits per heavy atom. The fourth-order valence-electron chi connectivity index (χ4n) is 1.55. The van der Waals surface area contributed by atoms with Crippen LogP contribution in [0.4, 0.5) is 0 Å². The zero-order valence-corrected chi connectivity index (χ0v) is 11.6. The molecule has 1 aromatic carbocycles. The molecular formula is C13H18N2O2S. The van der Waals surface area contributed by atoms with Gasteiger partial charge in [0.05, 0.1) is 23.7 Å². The van der Waals surface area contributed by atoms with Crippen LogP contribution < -0.4 is 4.74 Å². The SMILES string of the molecule is CCOc1ccc2nc(SC(C)C(C)O)[nH]c2c1. The van der Waals surface area contributed by atoms with E-state index in [1.165, 1.54) is 11.8 Å². The van der Waals surface area contributed by atoms with E-state index in [9.17, 15) is 5.11 Å². The number of thioether (sulfide) groups is 1. The van der Waals surface area contributed by atoms with Crippen LogP contribution in [-0.4, -0.2) is 33.0 Å². The van der Waals surface area contributed by atoms with Gasteiger partial charge in [0.15, 0.2) is 5.16 Å². The first kappa shape index (κ1) is 13.2.